The summed E-state index contributed by atoms with van der Waals surface area (Å²) in [7, 11) is 1.42. The molecule has 0 aromatic heterocycles. The summed E-state index contributed by atoms with van der Waals surface area (Å²) in [4.78, 5) is 13.2. The summed E-state index contributed by atoms with van der Waals surface area (Å²) in [5.74, 6) is -1.22. The van der Waals surface area contributed by atoms with Gasteiger partial charge in [0, 0.05) is 4.90 Å². The predicted molar refractivity (Wildman–Crippen MR) is 84.6 cm³/mol. The molecule has 1 saturated heterocycles. The number of ether oxygens (including phenoxy) is 3. The van der Waals surface area contributed by atoms with Crippen molar-refractivity contribution in [2.45, 2.75) is 42.0 Å². The van der Waals surface area contributed by atoms with Gasteiger partial charge in [-0.25, -0.2) is 0 Å². The molecule has 1 aromatic carbocycles. The third-order valence-corrected chi connectivity index (χ3v) is 5.22. The van der Waals surface area contributed by atoms with Gasteiger partial charge in [0.15, 0.2) is 5.79 Å². The minimum atomic E-state index is -0.639. The number of hydrogen-bond acceptors (Lipinski definition) is 5. The lowest BCUT2D eigenvalue weighted by Crippen LogP contribution is -2.43. The average Bonchev–Trinajstić information content (AvgIpc) is 2.82. The Morgan fingerprint density at radius 3 is 2.59 bits per heavy atom. The van der Waals surface area contributed by atoms with Crippen LogP contribution < -0.4 is 0 Å². The number of rotatable bonds is 3. The summed E-state index contributed by atoms with van der Waals surface area (Å²) in [6, 6.07) is 10.0. The molecule has 2 aliphatic rings. The van der Waals surface area contributed by atoms with Gasteiger partial charge in [-0.05, 0) is 26.0 Å². The van der Waals surface area contributed by atoms with Gasteiger partial charge in [0.25, 0.3) is 0 Å². The van der Waals surface area contributed by atoms with E-state index in [0.717, 1.165) is 4.90 Å². The molecule has 4 atom stereocenters. The summed E-state index contributed by atoms with van der Waals surface area (Å²) in [5, 5.41) is -0.0772. The molecule has 3 rings (SSSR count). The molecule has 1 heterocycles. The lowest BCUT2D eigenvalue weighted by atomic mass is 9.91. The lowest BCUT2D eigenvalue weighted by Gasteiger charge is -2.32. The van der Waals surface area contributed by atoms with Crippen LogP contribution in [0.15, 0.2) is 47.4 Å². The maximum atomic E-state index is 12.1. The van der Waals surface area contributed by atoms with E-state index in [2.05, 4.69) is 0 Å². The van der Waals surface area contributed by atoms with Gasteiger partial charge in [-0.3, -0.25) is 4.79 Å². The average molecular weight is 320 g/mol. The molecule has 1 aromatic rings. The minimum Gasteiger partial charge on any atom is -0.469 e. The van der Waals surface area contributed by atoms with Crippen molar-refractivity contribution in [3.63, 3.8) is 0 Å². The zero-order chi connectivity index (χ0) is 15.7. The van der Waals surface area contributed by atoms with E-state index in [0.29, 0.717) is 0 Å². The molecule has 0 radical (unpaired) electrons. The van der Waals surface area contributed by atoms with Crippen LogP contribution in [0.3, 0.4) is 0 Å². The highest BCUT2D eigenvalue weighted by atomic mass is 32.2. The van der Waals surface area contributed by atoms with Gasteiger partial charge in [-0.1, -0.05) is 30.4 Å². The Morgan fingerprint density at radius 2 is 1.91 bits per heavy atom. The number of fused-ring (bicyclic) bond motifs is 1. The van der Waals surface area contributed by atoms with Crippen molar-refractivity contribution in [2.75, 3.05) is 7.11 Å². The van der Waals surface area contributed by atoms with E-state index in [1.165, 1.54) is 7.11 Å². The third kappa shape index (κ3) is 3.07. The van der Waals surface area contributed by atoms with E-state index in [1.54, 1.807) is 11.8 Å². The fraction of sp³-hybridized carbons (Fsp3) is 0.471. The normalized spacial score (nSPS) is 32.5. The third-order valence-electron chi connectivity index (χ3n) is 3.84. The zero-order valence-electron chi connectivity index (χ0n) is 12.9. The van der Waals surface area contributed by atoms with E-state index in [9.17, 15) is 4.79 Å². The number of carbonyl (C=O) groups excluding carboxylic acids is 1. The van der Waals surface area contributed by atoms with E-state index in [1.807, 2.05) is 56.3 Å². The standard InChI is InChI=1S/C17H20O4S/c1-17(2)20-13-10-9-12(16(18)19-3)15(14(13)21-17)22-11-7-5-4-6-8-11/h4-10,12-15H,1-3H3/t12-,13-,14-,15-/m0/s1. The fourth-order valence-electron chi connectivity index (χ4n) is 2.91. The van der Waals surface area contributed by atoms with E-state index < -0.39 is 5.79 Å². The maximum Gasteiger partial charge on any atom is 0.313 e. The molecule has 0 unspecified atom stereocenters. The molecule has 0 bridgehead atoms. The predicted octanol–water partition coefficient (Wildman–Crippen LogP) is 3.03. The second-order valence-corrected chi connectivity index (χ2v) is 7.15. The molecular formula is C17H20O4S. The Balaban J connectivity index is 1.89. The van der Waals surface area contributed by atoms with Gasteiger partial charge in [-0.2, -0.15) is 0 Å². The summed E-state index contributed by atoms with van der Waals surface area (Å²) in [6.45, 7) is 3.80. The highest BCUT2D eigenvalue weighted by molar-refractivity contribution is 8.00. The van der Waals surface area contributed by atoms with Crippen molar-refractivity contribution in [1.82, 2.24) is 0 Å². The second-order valence-electron chi connectivity index (χ2n) is 5.89. The summed E-state index contributed by atoms with van der Waals surface area (Å²) < 4.78 is 16.9. The van der Waals surface area contributed by atoms with Crippen LogP contribution in [0.25, 0.3) is 0 Å². The monoisotopic (exact) mass is 320 g/mol. The van der Waals surface area contributed by atoms with E-state index >= 15 is 0 Å². The smallest absolute Gasteiger partial charge is 0.313 e. The molecule has 0 spiro atoms. The largest absolute Gasteiger partial charge is 0.469 e. The van der Waals surface area contributed by atoms with Crippen molar-refractivity contribution in [2.24, 2.45) is 5.92 Å². The van der Waals surface area contributed by atoms with Crippen molar-refractivity contribution in [3.05, 3.63) is 42.5 Å². The Hall–Kier alpha value is -1.30. The van der Waals surface area contributed by atoms with Crippen LogP contribution in [-0.4, -0.2) is 36.3 Å². The zero-order valence-corrected chi connectivity index (χ0v) is 13.7. The van der Waals surface area contributed by atoms with Crippen LogP contribution >= 0.6 is 11.8 Å². The summed E-state index contributed by atoms with van der Waals surface area (Å²) >= 11 is 1.64. The first-order valence-corrected chi connectivity index (χ1v) is 8.21. The fourth-order valence-corrected chi connectivity index (χ4v) is 4.23. The Bertz CT molecular complexity index is 569. The molecule has 0 saturated carbocycles. The van der Waals surface area contributed by atoms with E-state index in [4.69, 9.17) is 14.2 Å². The number of carbonyl (C=O) groups is 1. The van der Waals surface area contributed by atoms with Crippen LogP contribution in [0.1, 0.15) is 13.8 Å². The molecule has 5 heteroatoms. The Labute approximate surface area is 134 Å². The molecule has 118 valence electrons. The number of benzene rings is 1. The van der Waals surface area contributed by atoms with Crippen molar-refractivity contribution in [3.8, 4) is 0 Å². The van der Waals surface area contributed by atoms with Gasteiger partial charge in [0.05, 0.1) is 18.3 Å². The summed E-state index contributed by atoms with van der Waals surface area (Å²) in [5.41, 5.74) is 0. The van der Waals surface area contributed by atoms with Gasteiger partial charge >= 0.3 is 5.97 Å². The molecule has 22 heavy (non-hydrogen) atoms. The first kappa shape index (κ1) is 15.6. The highest BCUT2D eigenvalue weighted by Crippen LogP contribution is 2.43. The van der Waals surface area contributed by atoms with Crippen LogP contribution in [0.5, 0.6) is 0 Å². The van der Waals surface area contributed by atoms with E-state index in [-0.39, 0.29) is 29.3 Å². The van der Waals surface area contributed by atoms with Gasteiger partial charge < -0.3 is 14.2 Å². The van der Waals surface area contributed by atoms with Gasteiger partial charge in [0.2, 0.25) is 0 Å². The van der Waals surface area contributed by atoms with Crippen LogP contribution in [0.4, 0.5) is 0 Å². The molecule has 0 amide bonds. The highest BCUT2D eigenvalue weighted by Gasteiger charge is 2.50. The first-order valence-electron chi connectivity index (χ1n) is 7.34. The first-order chi connectivity index (χ1) is 10.5. The number of hydrogen-bond donors (Lipinski definition) is 0. The second kappa shape index (κ2) is 6.07. The number of esters is 1. The SMILES string of the molecule is COC(=O)[C@H]1C=C[C@@H]2OC(C)(C)O[C@@H]2[C@H]1Sc1ccccc1. The van der Waals surface area contributed by atoms with Crippen molar-refractivity contribution < 1.29 is 19.0 Å². The molecule has 1 fully saturated rings. The van der Waals surface area contributed by atoms with Crippen molar-refractivity contribution in [1.29, 1.82) is 0 Å². The number of thioether (sulfide) groups is 1. The van der Waals surface area contributed by atoms with Gasteiger partial charge in [-0.15, -0.1) is 11.8 Å². The maximum absolute atomic E-state index is 12.1. The summed E-state index contributed by atoms with van der Waals surface area (Å²) in [6.07, 6.45) is 3.51. The lowest BCUT2D eigenvalue weighted by molar-refractivity contribution is -0.149. The number of methoxy groups -OCH3 is 1. The molecule has 0 N–H and O–H groups in total. The van der Waals surface area contributed by atoms with Gasteiger partial charge in [0.1, 0.15) is 12.2 Å². The molecule has 4 nitrogen and oxygen atoms in total. The quantitative estimate of drug-likeness (QED) is 0.633. The van der Waals surface area contributed by atoms with Crippen LogP contribution in [0.2, 0.25) is 0 Å². The van der Waals surface area contributed by atoms with Crippen LogP contribution in [0, 0.1) is 5.92 Å². The molecule has 1 aliphatic heterocycles. The minimum absolute atomic E-state index is 0.0772. The topological polar surface area (TPSA) is 44.8 Å². The molecule has 1 aliphatic carbocycles. The van der Waals surface area contributed by atoms with Crippen molar-refractivity contribution >= 4 is 17.7 Å². The Morgan fingerprint density at radius 1 is 1.18 bits per heavy atom. The Kier molecular flexibility index (Phi) is 4.30. The van der Waals surface area contributed by atoms with Crippen LogP contribution in [-0.2, 0) is 19.0 Å². The molecular weight excluding hydrogens is 300 g/mol.